The van der Waals surface area contributed by atoms with Crippen molar-refractivity contribution in [2.24, 2.45) is 0 Å². The van der Waals surface area contributed by atoms with Crippen molar-refractivity contribution >= 4 is 155 Å². The van der Waals surface area contributed by atoms with E-state index in [-0.39, 0.29) is 13.4 Å². The Morgan fingerprint density at radius 1 is 0.216 bits per heavy atom. The van der Waals surface area contributed by atoms with E-state index in [2.05, 4.69) is 340 Å². The Hall–Kier alpha value is -13.4. The average Bonchev–Trinajstić information content (AvgIpc) is 0.688. The number of fused-ring (bicyclic) bond motifs is 12. The van der Waals surface area contributed by atoms with Gasteiger partial charge in [0.25, 0.3) is 20.1 Å². The zero-order valence-electron chi connectivity index (χ0n) is 54.8. The predicted molar refractivity (Wildman–Crippen MR) is 415 cm³/mol. The third-order valence-electron chi connectivity index (χ3n) is 20.6. The van der Waals surface area contributed by atoms with E-state index in [1.807, 2.05) is 24.5 Å². The molecule has 6 aliphatic rings. The molecule has 0 N–H and O–H groups in total. The second kappa shape index (κ2) is 23.1. The fourth-order valence-electron chi connectivity index (χ4n) is 16.5. The number of para-hydroxylation sites is 8. The molecule has 476 valence electrons. The van der Waals surface area contributed by atoms with E-state index < -0.39 is 6.71 Å². The van der Waals surface area contributed by atoms with Crippen molar-refractivity contribution in [2.45, 2.75) is 0 Å². The number of nitrogens with zero attached hydrogens (tertiary/aromatic N) is 7. The van der Waals surface area contributed by atoms with Crippen molar-refractivity contribution in [2.75, 3.05) is 24.5 Å². The first kappa shape index (κ1) is 57.6. The van der Waals surface area contributed by atoms with Gasteiger partial charge < -0.3 is 33.6 Å². The molecular formula is C88H56B3N7O4. The van der Waals surface area contributed by atoms with Gasteiger partial charge in [-0.2, -0.15) is 0 Å². The van der Waals surface area contributed by atoms with Crippen molar-refractivity contribution in [3.05, 3.63) is 340 Å². The lowest BCUT2D eigenvalue weighted by Crippen LogP contribution is -2.65. The molecule has 0 amide bonds. The molecule has 0 bridgehead atoms. The minimum absolute atomic E-state index is 0.287. The maximum Gasteiger partial charge on any atom is 0.260 e. The molecule has 21 rings (SSSR count). The third-order valence-corrected chi connectivity index (χ3v) is 20.6. The third kappa shape index (κ3) is 9.05. The Kier molecular flexibility index (Phi) is 13.0. The van der Waals surface area contributed by atoms with E-state index in [1.54, 1.807) is 0 Å². The van der Waals surface area contributed by atoms with Gasteiger partial charge in [-0.25, -0.2) is 9.97 Å². The number of anilines is 15. The highest BCUT2D eigenvalue weighted by Crippen LogP contribution is 2.51. The van der Waals surface area contributed by atoms with Gasteiger partial charge in [0.1, 0.15) is 57.6 Å². The van der Waals surface area contributed by atoms with Crippen molar-refractivity contribution in [3.8, 4) is 46.0 Å². The lowest BCUT2D eigenvalue weighted by Gasteiger charge is -2.45. The molecule has 6 aliphatic heterocycles. The van der Waals surface area contributed by atoms with E-state index in [1.165, 1.54) is 0 Å². The fraction of sp³-hybridized carbons (Fsp3) is 0. The minimum atomic E-state index is -0.404. The first-order chi connectivity index (χ1) is 50.6. The van der Waals surface area contributed by atoms with Crippen LogP contribution >= 0.6 is 0 Å². The van der Waals surface area contributed by atoms with Crippen LogP contribution in [0.5, 0.6) is 46.0 Å². The molecule has 0 unspecified atom stereocenters. The molecule has 0 spiro atoms. The van der Waals surface area contributed by atoms with Gasteiger partial charge in [-0.05, 0) is 160 Å². The summed E-state index contributed by atoms with van der Waals surface area (Å²) in [6.07, 6.45) is 3.78. The van der Waals surface area contributed by atoms with E-state index >= 15 is 0 Å². The molecular weight excluding hydrogens is 1250 g/mol. The Morgan fingerprint density at radius 2 is 0.510 bits per heavy atom. The van der Waals surface area contributed by atoms with E-state index in [4.69, 9.17) is 28.9 Å². The first-order valence-corrected chi connectivity index (χ1v) is 34.5. The largest absolute Gasteiger partial charge is 0.458 e. The van der Waals surface area contributed by atoms with Gasteiger partial charge in [-0.1, -0.05) is 170 Å². The Labute approximate surface area is 590 Å². The minimum Gasteiger partial charge on any atom is -0.458 e. The SMILES string of the molecule is c1ccc(N(c2ccccc2)c2cc3c4c(c2)Oc2cc5c(cc2B4c2ccccc2O3)B2c3cc4c(cc3N(c3ccccn3)c3cc(N(c6ccccc6)c6ccccc6)cc(c32)N5c2ccccn2)Oc2cc(N(c3ccccc3)c3ccccc3)cc3c2B4c2ccccc2O3)cc1. The second-order valence-corrected chi connectivity index (χ2v) is 26.4. The monoisotopic (exact) mass is 1310 g/mol. The van der Waals surface area contributed by atoms with Gasteiger partial charge in [0.15, 0.2) is 0 Å². The fourth-order valence-corrected chi connectivity index (χ4v) is 16.5. The summed E-state index contributed by atoms with van der Waals surface area (Å²) in [6.45, 7) is -0.978. The molecule has 0 aliphatic carbocycles. The summed E-state index contributed by atoms with van der Waals surface area (Å²) in [6, 6.07) is 115. The summed E-state index contributed by atoms with van der Waals surface area (Å²) in [7, 11) is 0. The number of aromatic nitrogens is 2. The highest BCUT2D eigenvalue weighted by molar-refractivity contribution is 7.03. The summed E-state index contributed by atoms with van der Waals surface area (Å²) in [4.78, 5) is 22.2. The van der Waals surface area contributed by atoms with Crippen LogP contribution in [0.3, 0.4) is 0 Å². The van der Waals surface area contributed by atoms with Crippen molar-refractivity contribution in [1.82, 2.24) is 9.97 Å². The number of benzene rings is 13. The van der Waals surface area contributed by atoms with Crippen LogP contribution in [-0.4, -0.2) is 30.1 Å². The lowest BCUT2D eigenvalue weighted by molar-refractivity contribution is 0.464. The molecule has 0 atom stereocenters. The van der Waals surface area contributed by atoms with E-state index in [9.17, 15) is 0 Å². The second-order valence-electron chi connectivity index (χ2n) is 26.4. The van der Waals surface area contributed by atoms with Crippen LogP contribution in [0.1, 0.15) is 0 Å². The summed E-state index contributed by atoms with van der Waals surface area (Å²) < 4.78 is 29.5. The Balaban J connectivity index is 0.838. The van der Waals surface area contributed by atoms with Gasteiger partial charge >= 0.3 is 0 Å². The molecule has 11 nitrogen and oxygen atoms in total. The number of ether oxygens (including phenoxy) is 4. The van der Waals surface area contributed by atoms with Crippen LogP contribution in [0, 0.1) is 0 Å². The molecule has 0 fully saturated rings. The number of pyridine rings is 2. The van der Waals surface area contributed by atoms with Gasteiger partial charge in [-0.15, -0.1) is 0 Å². The Bertz CT molecular complexity index is 5410. The summed E-state index contributed by atoms with van der Waals surface area (Å²) in [5, 5.41) is 0. The highest BCUT2D eigenvalue weighted by Gasteiger charge is 2.50. The highest BCUT2D eigenvalue weighted by atomic mass is 16.5. The molecule has 0 saturated heterocycles. The maximum absolute atomic E-state index is 7.62. The molecule has 0 radical (unpaired) electrons. The van der Waals surface area contributed by atoms with Crippen molar-refractivity contribution < 1.29 is 18.9 Å². The predicted octanol–water partition coefficient (Wildman–Crippen LogP) is 16.4. The zero-order chi connectivity index (χ0) is 66.9. The topological polar surface area (TPSA) is 78.9 Å². The molecule has 14 heteroatoms. The standard InChI is InChI=1S/C88H56B3N7O4/c1-7-27-57(28-8-1)94(58-29-9-2-10-30-58)63-47-74-86-75(48-63)98(85-44-24-26-46-93-85)73-56-79-71(90-67-40-20-22-42-77(67)100-81-50-65(52-83(102-79)88(81)90)96(61-35-15-5-16-36-61)62-37-17-6-18-38-62)54-69(73)91(86)68-53-70-78(55-72(68)97(74)84-43-23-25-45-92-84)101-82-51-64(49-80-87(82)89(70)66-39-19-21-41-76(66)99-80)95(59-31-11-3-12-32-59)60-33-13-4-14-34-60/h1-56H. The smallest absolute Gasteiger partial charge is 0.260 e. The zero-order valence-corrected chi connectivity index (χ0v) is 54.8. The summed E-state index contributed by atoms with van der Waals surface area (Å²) in [5.74, 6) is 7.46. The lowest BCUT2D eigenvalue weighted by atomic mass is 9.29. The van der Waals surface area contributed by atoms with Gasteiger partial charge in [0.2, 0.25) is 0 Å². The van der Waals surface area contributed by atoms with Crippen molar-refractivity contribution in [1.29, 1.82) is 0 Å². The first-order valence-electron chi connectivity index (χ1n) is 34.5. The van der Waals surface area contributed by atoms with Crippen LogP contribution in [0.4, 0.5) is 85.6 Å². The van der Waals surface area contributed by atoms with Gasteiger partial charge in [-0.3, -0.25) is 9.80 Å². The number of hydrogen-bond acceptors (Lipinski definition) is 11. The van der Waals surface area contributed by atoms with Crippen LogP contribution < -0.4 is 92.6 Å². The summed E-state index contributed by atoms with van der Waals surface area (Å²) >= 11 is 0. The molecule has 102 heavy (non-hydrogen) atoms. The normalized spacial score (nSPS) is 13.1. The maximum atomic E-state index is 7.62. The van der Waals surface area contributed by atoms with Crippen LogP contribution in [0.15, 0.2) is 340 Å². The van der Waals surface area contributed by atoms with Crippen LogP contribution in [0.25, 0.3) is 0 Å². The number of hydrogen-bond donors (Lipinski definition) is 0. The molecule has 0 saturated carbocycles. The molecule has 13 aromatic carbocycles. The van der Waals surface area contributed by atoms with Crippen LogP contribution in [0.2, 0.25) is 0 Å². The quantitative estimate of drug-likeness (QED) is 0.116. The Morgan fingerprint density at radius 3 is 0.843 bits per heavy atom. The average molecular weight is 1310 g/mol. The van der Waals surface area contributed by atoms with Crippen molar-refractivity contribution in [3.63, 3.8) is 0 Å². The molecule has 2 aromatic heterocycles. The van der Waals surface area contributed by atoms with Gasteiger partial charge in [0, 0.05) is 117 Å². The van der Waals surface area contributed by atoms with E-state index in [0.29, 0.717) is 0 Å². The number of rotatable bonds is 11. The molecule has 15 aromatic rings. The summed E-state index contributed by atoms with van der Waals surface area (Å²) in [5.41, 5.74) is 21.9. The van der Waals surface area contributed by atoms with E-state index in [0.717, 1.165) is 181 Å². The van der Waals surface area contributed by atoms with Gasteiger partial charge in [0.05, 0.1) is 17.1 Å². The molecule has 8 heterocycles. The van der Waals surface area contributed by atoms with Crippen LogP contribution in [-0.2, 0) is 0 Å².